The van der Waals surface area contributed by atoms with Crippen molar-refractivity contribution >= 4 is 29.3 Å². The minimum Gasteiger partial charge on any atom is -0.452 e. The largest absolute Gasteiger partial charge is 0.452 e. The van der Waals surface area contributed by atoms with Crippen LogP contribution >= 0.6 is 11.8 Å². The summed E-state index contributed by atoms with van der Waals surface area (Å²) >= 11 is 1.27. The summed E-state index contributed by atoms with van der Waals surface area (Å²) in [6, 6.07) is 14.6. The lowest BCUT2D eigenvalue weighted by Crippen LogP contribution is -2.14. The van der Waals surface area contributed by atoms with Crippen molar-refractivity contribution in [2.45, 2.75) is 38.7 Å². The molecule has 1 amide bonds. The number of aryl methyl sites for hydroxylation is 1. The zero-order valence-electron chi connectivity index (χ0n) is 17.8. The fourth-order valence-corrected chi connectivity index (χ4v) is 3.58. The quantitative estimate of drug-likeness (QED) is 0.383. The van der Waals surface area contributed by atoms with Crippen LogP contribution in [0.5, 0.6) is 0 Å². The van der Waals surface area contributed by atoms with Crippen LogP contribution in [0.25, 0.3) is 0 Å². The highest BCUT2D eigenvalue weighted by Crippen LogP contribution is 2.24. The van der Waals surface area contributed by atoms with E-state index in [2.05, 4.69) is 29.3 Å². The second kappa shape index (κ2) is 10.8. The first-order valence-electron chi connectivity index (χ1n) is 9.97. The number of nitrogens with one attached hydrogen (secondary N) is 1. The van der Waals surface area contributed by atoms with Crippen LogP contribution in [0.15, 0.2) is 57.9 Å². The molecule has 1 N–H and O–H groups in total. The number of aromatic nitrogens is 2. The van der Waals surface area contributed by atoms with Gasteiger partial charge in [0.1, 0.15) is 0 Å². The van der Waals surface area contributed by atoms with Gasteiger partial charge in [-0.3, -0.25) is 4.79 Å². The summed E-state index contributed by atoms with van der Waals surface area (Å²) in [5.41, 5.74) is 2.24. The van der Waals surface area contributed by atoms with E-state index < -0.39 is 5.97 Å². The molecule has 3 rings (SSSR count). The zero-order chi connectivity index (χ0) is 22.2. The molecule has 0 radical (unpaired) electrons. The minimum absolute atomic E-state index is 0.100. The number of hydrogen-bond acceptors (Lipinski definition) is 7. The lowest BCUT2D eigenvalue weighted by molar-refractivity contribution is -0.113. The Morgan fingerprint density at radius 3 is 2.61 bits per heavy atom. The molecular weight excluding hydrogens is 414 g/mol. The Kier molecular flexibility index (Phi) is 7.83. The molecule has 1 heterocycles. The fourth-order valence-electron chi connectivity index (χ4n) is 2.74. The van der Waals surface area contributed by atoms with E-state index in [0.29, 0.717) is 28.6 Å². The van der Waals surface area contributed by atoms with Crippen molar-refractivity contribution in [2.75, 3.05) is 11.1 Å². The maximum absolute atomic E-state index is 12.6. The van der Waals surface area contributed by atoms with Crippen molar-refractivity contribution in [3.63, 3.8) is 0 Å². The van der Waals surface area contributed by atoms with Crippen LogP contribution in [0.3, 0.4) is 0 Å². The molecule has 2 aromatic carbocycles. The standard InChI is InChI=1S/C23H25N3O4S/c1-15(2)12-20-25-22(30-26-20)13-29-23(28)18-6-4-5-7-19(18)31-14-21(27)24-17-10-8-16(3)9-11-17/h4-11,15H,12-14H2,1-3H3,(H,24,27). The summed E-state index contributed by atoms with van der Waals surface area (Å²) in [6.07, 6.45) is 0.696. The van der Waals surface area contributed by atoms with Crippen LogP contribution in [0, 0.1) is 12.8 Å². The monoisotopic (exact) mass is 439 g/mol. The summed E-state index contributed by atoms with van der Waals surface area (Å²) in [4.78, 5) is 29.7. The summed E-state index contributed by atoms with van der Waals surface area (Å²) < 4.78 is 10.5. The molecule has 162 valence electrons. The Balaban J connectivity index is 1.55. The summed E-state index contributed by atoms with van der Waals surface area (Å²) in [6.45, 7) is 6.01. The Labute approximate surface area is 185 Å². The van der Waals surface area contributed by atoms with Gasteiger partial charge in [0.2, 0.25) is 5.91 Å². The van der Waals surface area contributed by atoms with Gasteiger partial charge in [0.05, 0.1) is 11.3 Å². The number of carbonyl (C=O) groups is 2. The molecule has 0 fully saturated rings. The number of amides is 1. The number of carbonyl (C=O) groups excluding carboxylic acids is 2. The molecule has 0 aliphatic rings. The Morgan fingerprint density at radius 1 is 1.13 bits per heavy atom. The Morgan fingerprint density at radius 2 is 1.87 bits per heavy atom. The lowest BCUT2D eigenvalue weighted by atomic mass is 10.1. The van der Waals surface area contributed by atoms with E-state index in [1.165, 1.54) is 11.8 Å². The SMILES string of the molecule is Cc1ccc(NC(=O)CSc2ccccc2C(=O)OCc2nc(CC(C)C)no2)cc1. The van der Waals surface area contributed by atoms with Gasteiger partial charge in [-0.2, -0.15) is 4.98 Å². The van der Waals surface area contributed by atoms with Gasteiger partial charge in [-0.1, -0.05) is 48.8 Å². The third-order valence-electron chi connectivity index (χ3n) is 4.23. The maximum Gasteiger partial charge on any atom is 0.339 e. The summed E-state index contributed by atoms with van der Waals surface area (Å²) in [5.74, 6) is 0.759. The van der Waals surface area contributed by atoms with Gasteiger partial charge in [-0.25, -0.2) is 4.79 Å². The van der Waals surface area contributed by atoms with Crippen molar-refractivity contribution in [1.82, 2.24) is 10.1 Å². The summed E-state index contributed by atoms with van der Waals surface area (Å²) in [7, 11) is 0. The first kappa shape index (κ1) is 22.6. The van der Waals surface area contributed by atoms with Gasteiger partial charge >= 0.3 is 5.97 Å². The third-order valence-corrected chi connectivity index (χ3v) is 5.30. The highest BCUT2D eigenvalue weighted by atomic mass is 32.2. The van der Waals surface area contributed by atoms with Gasteiger partial charge in [0.25, 0.3) is 5.89 Å². The molecule has 0 saturated carbocycles. The van der Waals surface area contributed by atoms with Crippen LogP contribution in [0.1, 0.15) is 41.5 Å². The molecule has 7 nitrogen and oxygen atoms in total. The first-order valence-corrected chi connectivity index (χ1v) is 11.0. The van der Waals surface area contributed by atoms with E-state index in [4.69, 9.17) is 9.26 Å². The van der Waals surface area contributed by atoms with Crippen molar-refractivity contribution in [2.24, 2.45) is 5.92 Å². The van der Waals surface area contributed by atoms with Crippen LogP contribution in [0.4, 0.5) is 5.69 Å². The highest BCUT2D eigenvalue weighted by Gasteiger charge is 2.16. The third kappa shape index (κ3) is 6.96. The van der Waals surface area contributed by atoms with E-state index in [0.717, 1.165) is 11.3 Å². The number of thioether (sulfide) groups is 1. The highest BCUT2D eigenvalue weighted by molar-refractivity contribution is 8.00. The molecule has 1 aromatic heterocycles. The van der Waals surface area contributed by atoms with Crippen molar-refractivity contribution in [3.05, 3.63) is 71.4 Å². The smallest absolute Gasteiger partial charge is 0.339 e. The van der Waals surface area contributed by atoms with Crippen molar-refractivity contribution < 1.29 is 18.8 Å². The normalized spacial score (nSPS) is 10.8. The number of anilines is 1. The van der Waals surface area contributed by atoms with Gasteiger partial charge in [0, 0.05) is 17.0 Å². The molecule has 0 bridgehead atoms. The van der Waals surface area contributed by atoms with Gasteiger partial charge in [-0.15, -0.1) is 11.8 Å². The van der Waals surface area contributed by atoms with Gasteiger partial charge < -0.3 is 14.6 Å². The number of hydrogen-bond donors (Lipinski definition) is 1. The molecule has 0 atom stereocenters. The molecule has 31 heavy (non-hydrogen) atoms. The number of ether oxygens (including phenoxy) is 1. The average molecular weight is 440 g/mol. The topological polar surface area (TPSA) is 94.3 Å². The maximum atomic E-state index is 12.6. The number of benzene rings is 2. The number of esters is 1. The van der Waals surface area contributed by atoms with Crippen molar-refractivity contribution in [3.8, 4) is 0 Å². The lowest BCUT2D eigenvalue weighted by Gasteiger charge is -2.09. The van der Waals surface area contributed by atoms with E-state index in [1.807, 2.05) is 37.3 Å². The zero-order valence-corrected chi connectivity index (χ0v) is 18.6. The molecule has 0 saturated heterocycles. The predicted octanol–water partition coefficient (Wildman–Crippen LogP) is 4.66. The van der Waals surface area contributed by atoms with E-state index in [1.54, 1.807) is 18.2 Å². The van der Waals surface area contributed by atoms with E-state index in [9.17, 15) is 9.59 Å². The van der Waals surface area contributed by atoms with Crippen LogP contribution in [-0.2, 0) is 22.6 Å². The fraction of sp³-hybridized carbons (Fsp3) is 0.304. The molecule has 8 heteroatoms. The summed E-state index contributed by atoms with van der Waals surface area (Å²) in [5, 5.41) is 6.73. The minimum atomic E-state index is -0.509. The molecular formula is C23H25N3O4S. The Bertz CT molecular complexity index is 1030. The van der Waals surface area contributed by atoms with E-state index in [-0.39, 0.29) is 24.2 Å². The van der Waals surface area contributed by atoms with Crippen LogP contribution in [0.2, 0.25) is 0 Å². The second-order valence-electron chi connectivity index (χ2n) is 7.48. The second-order valence-corrected chi connectivity index (χ2v) is 8.49. The van der Waals surface area contributed by atoms with Crippen molar-refractivity contribution in [1.29, 1.82) is 0 Å². The molecule has 0 aliphatic carbocycles. The molecule has 0 spiro atoms. The molecule has 3 aromatic rings. The van der Waals surface area contributed by atoms with Crippen LogP contribution in [-0.4, -0.2) is 27.8 Å². The predicted molar refractivity (Wildman–Crippen MR) is 119 cm³/mol. The van der Waals surface area contributed by atoms with Gasteiger partial charge in [-0.05, 0) is 37.1 Å². The Hall–Kier alpha value is -3.13. The molecule has 0 unspecified atom stereocenters. The average Bonchev–Trinajstić information content (AvgIpc) is 3.19. The molecule has 0 aliphatic heterocycles. The van der Waals surface area contributed by atoms with E-state index >= 15 is 0 Å². The van der Waals surface area contributed by atoms with Crippen LogP contribution < -0.4 is 5.32 Å². The van der Waals surface area contributed by atoms with Gasteiger partial charge in [0.15, 0.2) is 12.4 Å². The number of rotatable bonds is 9. The number of nitrogens with zero attached hydrogens (tertiary/aromatic N) is 2. The first-order chi connectivity index (χ1) is 14.9.